The molecule has 6 rings (SSSR count). The SMILES string of the molecule is Cc1c(O)c(=O)ccn1CCc1ccccc1.Cc1c(O)c(=O)ccn1CCc1ccccc1.Cc1c(O)c(=O)ccn1CCc1ccccc1.[Fe]. The molecule has 0 bridgehead atoms. The predicted octanol–water partition coefficient (Wildman–Crippen LogP) is 6.31. The summed E-state index contributed by atoms with van der Waals surface area (Å²) >= 11 is 0. The first-order valence-electron chi connectivity index (χ1n) is 16.8. The summed E-state index contributed by atoms with van der Waals surface area (Å²) in [6.07, 6.45) is 7.80. The molecule has 0 radical (unpaired) electrons. The second-order valence-corrected chi connectivity index (χ2v) is 12.1. The van der Waals surface area contributed by atoms with Gasteiger partial charge in [-0.15, -0.1) is 0 Å². The smallest absolute Gasteiger partial charge is 0.223 e. The zero-order valence-corrected chi connectivity index (χ0v) is 30.7. The normalized spacial score (nSPS) is 10.2. The molecule has 52 heavy (non-hydrogen) atoms. The summed E-state index contributed by atoms with van der Waals surface area (Å²) in [5.74, 6) is -0.457. The van der Waals surface area contributed by atoms with Crippen LogP contribution in [0.4, 0.5) is 0 Å². The van der Waals surface area contributed by atoms with E-state index in [4.69, 9.17) is 0 Å². The maximum atomic E-state index is 11.2. The molecular weight excluding hydrogens is 698 g/mol. The van der Waals surface area contributed by atoms with Gasteiger partial charge in [0.25, 0.3) is 0 Å². The van der Waals surface area contributed by atoms with Gasteiger partial charge in [0.05, 0.1) is 17.1 Å². The molecule has 0 aliphatic carbocycles. The Labute approximate surface area is 314 Å². The molecule has 0 fully saturated rings. The first-order chi connectivity index (χ1) is 24.5. The third-order valence-electron chi connectivity index (χ3n) is 8.69. The number of pyridine rings is 3. The zero-order valence-electron chi connectivity index (χ0n) is 29.6. The molecule has 3 aromatic carbocycles. The van der Waals surface area contributed by atoms with E-state index in [-0.39, 0.29) is 50.6 Å². The molecule has 0 saturated carbocycles. The van der Waals surface area contributed by atoms with Crippen molar-refractivity contribution in [2.24, 2.45) is 0 Å². The third-order valence-corrected chi connectivity index (χ3v) is 8.69. The van der Waals surface area contributed by atoms with Crippen LogP contribution in [0.2, 0.25) is 0 Å². The largest absolute Gasteiger partial charge is 0.503 e. The van der Waals surface area contributed by atoms with Crippen LogP contribution in [0.1, 0.15) is 33.8 Å². The average Bonchev–Trinajstić information content (AvgIpc) is 3.16. The Bertz CT molecular complexity index is 1930. The van der Waals surface area contributed by atoms with Crippen molar-refractivity contribution in [1.29, 1.82) is 0 Å². The number of nitrogens with zero attached hydrogens (tertiary/aromatic N) is 3. The van der Waals surface area contributed by atoms with E-state index in [1.165, 1.54) is 34.9 Å². The summed E-state index contributed by atoms with van der Waals surface area (Å²) < 4.78 is 5.68. The second kappa shape index (κ2) is 20.3. The van der Waals surface area contributed by atoms with Crippen molar-refractivity contribution in [3.63, 3.8) is 0 Å². The minimum atomic E-state index is -0.321. The van der Waals surface area contributed by atoms with E-state index in [2.05, 4.69) is 36.4 Å². The Balaban J connectivity index is 0.000000208. The Morgan fingerprint density at radius 3 is 0.865 bits per heavy atom. The molecule has 6 aromatic rings. The summed E-state index contributed by atoms with van der Waals surface area (Å²) in [6.45, 7) is 7.52. The summed E-state index contributed by atoms with van der Waals surface area (Å²) in [5.41, 5.74) is 4.62. The van der Waals surface area contributed by atoms with E-state index < -0.39 is 0 Å². The fraction of sp³-hybridized carbons (Fsp3) is 0.214. The summed E-state index contributed by atoms with van der Waals surface area (Å²) in [4.78, 5) is 33.6. The molecule has 0 amide bonds. The molecule has 3 heterocycles. The summed E-state index contributed by atoms with van der Waals surface area (Å²) in [7, 11) is 0. The van der Waals surface area contributed by atoms with Gasteiger partial charge in [-0.25, -0.2) is 0 Å². The van der Waals surface area contributed by atoms with Crippen molar-refractivity contribution >= 4 is 0 Å². The van der Waals surface area contributed by atoms with Crippen LogP contribution >= 0.6 is 0 Å². The number of rotatable bonds is 9. The number of aromatic hydroxyl groups is 3. The van der Waals surface area contributed by atoms with E-state index in [0.29, 0.717) is 17.1 Å². The van der Waals surface area contributed by atoms with Crippen LogP contribution in [-0.4, -0.2) is 29.0 Å². The molecule has 0 atom stereocenters. The number of hydrogen-bond donors (Lipinski definition) is 3. The molecule has 0 saturated heterocycles. The maximum Gasteiger partial charge on any atom is 0.223 e. The minimum Gasteiger partial charge on any atom is -0.503 e. The zero-order chi connectivity index (χ0) is 36.8. The summed E-state index contributed by atoms with van der Waals surface area (Å²) in [5, 5.41) is 28.7. The van der Waals surface area contributed by atoms with Crippen molar-refractivity contribution in [2.75, 3.05) is 0 Å². The molecule has 9 nitrogen and oxygen atoms in total. The van der Waals surface area contributed by atoms with Gasteiger partial charge in [-0.05, 0) is 56.7 Å². The minimum absolute atomic E-state index is 0. The van der Waals surface area contributed by atoms with Crippen molar-refractivity contribution in [1.82, 2.24) is 13.7 Å². The van der Waals surface area contributed by atoms with Crippen molar-refractivity contribution < 1.29 is 32.4 Å². The third kappa shape index (κ3) is 11.8. The number of hydrogen-bond acceptors (Lipinski definition) is 6. The maximum absolute atomic E-state index is 11.2. The Hall–Kier alpha value is -5.57. The van der Waals surface area contributed by atoms with E-state index in [1.807, 2.05) is 68.3 Å². The van der Waals surface area contributed by atoms with Gasteiger partial charge in [0.2, 0.25) is 16.3 Å². The standard InChI is InChI=1S/3C14H15NO2.Fe/c3*1-11-14(17)13(16)8-10-15(11)9-7-12-5-3-2-4-6-12;/h3*2-6,8,10,17H,7,9H2,1H3;. The average molecular weight is 744 g/mol. The van der Waals surface area contributed by atoms with Crippen LogP contribution in [0.3, 0.4) is 0 Å². The van der Waals surface area contributed by atoms with Gasteiger partial charge in [-0.2, -0.15) is 0 Å². The van der Waals surface area contributed by atoms with E-state index in [1.54, 1.807) is 39.4 Å². The fourth-order valence-electron chi connectivity index (χ4n) is 5.40. The van der Waals surface area contributed by atoms with Crippen LogP contribution < -0.4 is 16.3 Å². The van der Waals surface area contributed by atoms with Crippen molar-refractivity contribution in [3.8, 4) is 17.2 Å². The van der Waals surface area contributed by atoms with Crippen molar-refractivity contribution in [3.05, 3.63) is 192 Å². The monoisotopic (exact) mass is 743 g/mol. The van der Waals surface area contributed by atoms with Crippen LogP contribution in [0, 0.1) is 20.8 Å². The molecule has 272 valence electrons. The van der Waals surface area contributed by atoms with Gasteiger partial charge in [-0.1, -0.05) is 91.0 Å². The molecule has 0 aliphatic rings. The van der Waals surface area contributed by atoms with Gasteiger partial charge >= 0.3 is 0 Å². The van der Waals surface area contributed by atoms with Crippen LogP contribution in [0.15, 0.2) is 142 Å². The van der Waals surface area contributed by atoms with E-state index in [0.717, 1.165) is 38.9 Å². The molecule has 0 aliphatic heterocycles. The predicted molar refractivity (Wildman–Crippen MR) is 202 cm³/mol. The molecule has 0 unspecified atom stereocenters. The van der Waals surface area contributed by atoms with E-state index in [9.17, 15) is 29.7 Å². The number of aryl methyl sites for hydroxylation is 6. The van der Waals surface area contributed by atoms with Gasteiger partial charge in [0, 0.05) is 73.5 Å². The topological polar surface area (TPSA) is 127 Å². The molecule has 0 spiro atoms. The number of benzene rings is 3. The Morgan fingerprint density at radius 2 is 0.635 bits per heavy atom. The van der Waals surface area contributed by atoms with Crippen molar-refractivity contribution in [2.45, 2.75) is 59.7 Å². The molecule has 10 heteroatoms. The van der Waals surface area contributed by atoms with Gasteiger partial charge in [0.1, 0.15) is 0 Å². The fourth-order valence-corrected chi connectivity index (χ4v) is 5.40. The van der Waals surface area contributed by atoms with E-state index >= 15 is 0 Å². The van der Waals surface area contributed by atoms with Crippen LogP contribution in [-0.2, 0) is 56.0 Å². The van der Waals surface area contributed by atoms with Gasteiger partial charge in [0.15, 0.2) is 17.2 Å². The second-order valence-electron chi connectivity index (χ2n) is 12.1. The molecule has 3 aromatic heterocycles. The molecule has 3 N–H and O–H groups in total. The quantitative estimate of drug-likeness (QED) is 0.149. The first kappa shape index (κ1) is 40.9. The number of aromatic nitrogens is 3. The summed E-state index contributed by atoms with van der Waals surface area (Å²) in [6, 6.07) is 34.6. The Kier molecular flexibility index (Phi) is 16.0. The Morgan fingerprint density at radius 1 is 0.404 bits per heavy atom. The molecular formula is C42H45FeN3O6. The van der Waals surface area contributed by atoms with Crippen LogP contribution in [0.5, 0.6) is 17.2 Å². The van der Waals surface area contributed by atoms with Gasteiger partial charge < -0.3 is 29.0 Å². The van der Waals surface area contributed by atoms with Crippen LogP contribution in [0.25, 0.3) is 0 Å². The first-order valence-corrected chi connectivity index (χ1v) is 16.8. The van der Waals surface area contributed by atoms with Gasteiger partial charge in [-0.3, -0.25) is 14.4 Å².